The molecule has 0 saturated heterocycles. The topological polar surface area (TPSA) is 161 Å². The summed E-state index contributed by atoms with van der Waals surface area (Å²) in [6.07, 6.45) is 6.96. The SMILES string of the molecule is C.C.C.C.CC(=O)[O-].CCCCCCCCC(=O)[O-].O=C([O-])CSCC(=O)[O-].[Ca+2].[Ca+2]. The minimum Gasteiger partial charge on any atom is -0.550 e. The van der Waals surface area contributed by atoms with Crippen LogP contribution in [0.3, 0.4) is 0 Å². The van der Waals surface area contributed by atoms with Gasteiger partial charge in [0.25, 0.3) is 0 Å². The van der Waals surface area contributed by atoms with Gasteiger partial charge < -0.3 is 39.6 Å². The predicted octanol–water partition coefficient (Wildman–Crippen LogP) is -0.755. The summed E-state index contributed by atoms with van der Waals surface area (Å²) in [5, 5.41) is 38.1. The first kappa shape index (κ1) is 57.5. The van der Waals surface area contributed by atoms with E-state index in [9.17, 15) is 29.7 Å². The fraction of sp³-hybridized carbons (Fsp3) is 0.789. The molecular weight excluding hydrogens is 468 g/mol. The third kappa shape index (κ3) is 102. The third-order valence-corrected chi connectivity index (χ3v) is 3.05. The molecular formula is C19H40Ca2O8S. The summed E-state index contributed by atoms with van der Waals surface area (Å²) in [5.41, 5.74) is 0. The molecule has 0 aromatic carbocycles. The fourth-order valence-corrected chi connectivity index (χ4v) is 1.70. The van der Waals surface area contributed by atoms with E-state index >= 15 is 0 Å². The van der Waals surface area contributed by atoms with Crippen molar-refractivity contribution in [3.63, 3.8) is 0 Å². The van der Waals surface area contributed by atoms with Gasteiger partial charge in [0, 0.05) is 23.4 Å². The van der Waals surface area contributed by atoms with Crippen LogP contribution in [0.5, 0.6) is 0 Å². The van der Waals surface area contributed by atoms with Crippen molar-refractivity contribution in [1.82, 2.24) is 0 Å². The zero-order valence-electron chi connectivity index (χ0n) is 15.5. The van der Waals surface area contributed by atoms with Crippen LogP contribution in [0.1, 0.15) is 88.5 Å². The van der Waals surface area contributed by atoms with Crippen LogP contribution in [-0.4, -0.2) is 111 Å². The Hall–Kier alpha value is 0.749. The maximum absolute atomic E-state index is 9.98. The van der Waals surface area contributed by atoms with Gasteiger partial charge in [-0.2, -0.15) is 0 Å². The van der Waals surface area contributed by atoms with Gasteiger partial charge >= 0.3 is 75.5 Å². The summed E-state index contributed by atoms with van der Waals surface area (Å²) >= 11 is 0.745. The molecule has 30 heavy (non-hydrogen) atoms. The number of unbranched alkanes of at least 4 members (excludes halogenated alkanes) is 5. The quantitative estimate of drug-likeness (QED) is 0.258. The van der Waals surface area contributed by atoms with Crippen molar-refractivity contribution in [2.45, 2.75) is 88.5 Å². The molecule has 0 atom stereocenters. The Morgan fingerprint density at radius 3 is 1.20 bits per heavy atom. The van der Waals surface area contributed by atoms with E-state index in [-0.39, 0.29) is 123 Å². The van der Waals surface area contributed by atoms with Crippen LogP contribution in [0.4, 0.5) is 0 Å². The van der Waals surface area contributed by atoms with Gasteiger partial charge in [0.15, 0.2) is 0 Å². The van der Waals surface area contributed by atoms with Gasteiger partial charge in [-0.15, -0.1) is 11.8 Å². The van der Waals surface area contributed by atoms with Gasteiger partial charge in [-0.3, -0.25) is 0 Å². The molecule has 0 N–H and O–H groups in total. The monoisotopic (exact) mass is 508 g/mol. The minimum atomic E-state index is -1.26. The second-order valence-corrected chi connectivity index (χ2v) is 5.60. The maximum Gasteiger partial charge on any atom is 2.00 e. The molecule has 8 nitrogen and oxygen atoms in total. The van der Waals surface area contributed by atoms with E-state index in [1.54, 1.807) is 0 Å². The average molecular weight is 509 g/mol. The molecule has 0 rings (SSSR count). The summed E-state index contributed by atoms with van der Waals surface area (Å²) < 4.78 is 0. The normalized spacial score (nSPS) is 7.13. The molecule has 0 fully saturated rings. The number of rotatable bonds is 11. The molecule has 174 valence electrons. The molecule has 0 bridgehead atoms. The Kier molecular flexibility index (Phi) is 91.1. The molecule has 0 saturated carbocycles. The van der Waals surface area contributed by atoms with Gasteiger partial charge in [0.2, 0.25) is 0 Å². The van der Waals surface area contributed by atoms with Gasteiger partial charge in [-0.05, 0) is 19.8 Å². The van der Waals surface area contributed by atoms with E-state index in [4.69, 9.17) is 9.90 Å². The van der Waals surface area contributed by atoms with E-state index < -0.39 is 23.9 Å². The molecule has 0 heterocycles. The fourth-order valence-electron chi connectivity index (χ4n) is 1.27. The molecule has 0 aliphatic rings. The number of aliphatic carboxylic acids is 4. The molecule has 0 spiro atoms. The van der Waals surface area contributed by atoms with Crippen molar-refractivity contribution >= 4 is 111 Å². The van der Waals surface area contributed by atoms with E-state index in [1.807, 2.05) is 0 Å². The number of hydrogen-bond donors (Lipinski definition) is 0. The van der Waals surface area contributed by atoms with Crippen LogP contribution in [0.2, 0.25) is 0 Å². The van der Waals surface area contributed by atoms with E-state index in [0.717, 1.165) is 31.5 Å². The van der Waals surface area contributed by atoms with Gasteiger partial charge in [0.1, 0.15) is 0 Å². The number of carbonyl (C=O) groups excluding carboxylic acids is 4. The standard InChI is InChI=1S/C9H18O2.C4H6O4S.C2H4O2.4CH4.2Ca/c1-2-3-4-5-6-7-8-9(10)11;5-3(6)1-9-2-4(7)8;1-2(3)4;;;;;;/h2-8H2,1H3,(H,10,11);1-2H2,(H,5,6)(H,7,8);1H3,(H,3,4);4*1H4;;/q;;;;;;;2*+2/p-4. The van der Waals surface area contributed by atoms with Gasteiger partial charge in [0.05, 0.1) is 11.9 Å². The van der Waals surface area contributed by atoms with Crippen LogP contribution in [0, 0.1) is 0 Å². The molecule has 11 heteroatoms. The Bertz CT molecular complexity index is 352. The molecule has 0 aromatic heterocycles. The second kappa shape index (κ2) is 47.5. The van der Waals surface area contributed by atoms with Crippen LogP contribution in [0.25, 0.3) is 0 Å². The summed E-state index contributed by atoms with van der Waals surface area (Å²) in [4.78, 5) is 38.1. The first-order chi connectivity index (χ1) is 11.1. The average Bonchev–Trinajstić information content (AvgIpc) is 2.41. The number of carbonyl (C=O) groups is 4. The van der Waals surface area contributed by atoms with Crippen molar-refractivity contribution in [2.24, 2.45) is 0 Å². The van der Waals surface area contributed by atoms with Crippen molar-refractivity contribution in [3.8, 4) is 0 Å². The summed E-state index contributed by atoms with van der Waals surface area (Å²) in [5.74, 6) is -5.12. The van der Waals surface area contributed by atoms with Crippen molar-refractivity contribution in [1.29, 1.82) is 0 Å². The van der Waals surface area contributed by atoms with Gasteiger partial charge in [-0.25, -0.2) is 0 Å². The Morgan fingerprint density at radius 1 is 0.633 bits per heavy atom. The minimum absolute atomic E-state index is 0. The first-order valence-corrected chi connectivity index (χ1v) is 8.63. The van der Waals surface area contributed by atoms with E-state index in [2.05, 4.69) is 6.92 Å². The molecule has 0 aromatic rings. The third-order valence-electron chi connectivity index (χ3n) is 2.17. The van der Waals surface area contributed by atoms with Crippen molar-refractivity contribution in [2.75, 3.05) is 11.5 Å². The van der Waals surface area contributed by atoms with Crippen LogP contribution >= 0.6 is 11.8 Å². The van der Waals surface area contributed by atoms with Crippen molar-refractivity contribution < 1.29 is 39.6 Å². The maximum atomic E-state index is 9.98. The zero-order chi connectivity index (χ0) is 19.4. The van der Waals surface area contributed by atoms with Crippen LogP contribution in [-0.2, 0) is 19.2 Å². The second-order valence-electron chi connectivity index (χ2n) is 4.62. The number of thioether (sulfide) groups is 1. The molecule has 0 radical (unpaired) electrons. The molecule has 0 aliphatic carbocycles. The Balaban J connectivity index is -0.0000000307. The molecule has 0 unspecified atom stereocenters. The molecule has 0 amide bonds. The zero-order valence-corrected chi connectivity index (χ0v) is 20.7. The smallest absolute Gasteiger partial charge is 0.550 e. The van der Waals surface area contributed by atoms with Crippen molar-refractivity contribution in [3.05, 3.63) is 0 Å². The van der Waals surface area contributed by atoms with Gasteiger partial charge in [-0.1, -0.05) is 68.7 Å². The summed E-state index contributed by atoms with van der Waals surface area (Å²) in [6.45, 7) is 3.14. The largest absolute Gasteiger partial charge is 2.00 e. The van der Waals surface area contributed by atoms with E-state index in [1.165, 1.54) is 25.7 Å². The summed E-state index contributed by atoms with van der Waals surface area (Å²) in [7, 11) is 0. The van der Waals surface area contributed by atoms with Crippen LogP contribution in [0.15, 0.2) is 0 Å². The molecule has 0 aliphatic heterocycles. The first-order valence-electron chi connectivity index (χ1n) is 7.48. The number of hydrogen-bond acceptors (Lipinski definition) is 9. The van der Waals surface area contributed by atoms with Crippen LogP contribution < -0.4 is 20.4 Å². The number of carboxylic acids is 4. The summed E-state index contributed by atoms with van der Waals surface area (Å²) in [6, 6.07) is 0. The predicted molar refractivity (Wildman–Crippen MR) is 119 cm³/mol. The Labute approximate surface area is 248 Å². The Morgan fingerprint density at radius 2 is 0.933 bits per heavy atom. The number of carboxylic acid groups (broad SMARTS) is 4. The van der Waals surface area contributed by atoms with E-state index in [0.29, 0.717) is 0 Å².